The lowest BCUT2D eigenvalue weighted by Gasteiger charge is -2.30. The number of anilines is 4. The first-order valence-corrected chi connectivity index (χ1v) is 14.6. The van der Waals surface area contributed by atoms with Crippen molar-refractivity contribution < 1.29 is 4.74 Å². The van der Waals surface area contributed by atoms with Crippen LogP contribution in [-0.2, 0) is 4.74 Å². The number of nitrogens with one attached hydrogen (secondary N) is 1. The first kappa shape index (κ1) is 26.1. The monoisotopic (exact) mass is 654 g/mol. The summed E-state index contributed by atoms with van der Waals surface area (Å²) < 4.78 is 8.81. The highest BCUT2D eigenvalue weighted by Crippen LogP contribution is 2.27. The molecule has 2 saturated heterocycles. The van der Waals surface area contributed by atoms with E-state index in [1.165, 1.54) is 6.42 Å². The lowest BCUT2D eigenvalue weighted by Crippen LogP contribution is -2.38. The minimum Gasteiger partial charge on any atom is -0.378 e. The summed E-state index contributed by atoms with van der Waals surface area (Å²) >= 11 is 6.98. The van der Waals surface area contributed by atoms with Gasteiger partial charge in [-0.05, 0) is 94.4 Å². The molecular formula is C27H28Br2N8O2. The van der Waals surface area contributed by atoms with E-state index in [4.69, 9.17) is 19.7 Å². The number of hydrogen-bond acceptors (Lipinski definition) is 9. The van der Waals surface area contributed by atoms with Crippen molar-refractivity contribution >= 4 is 66.3 Å². The lowest BCUT2D eigenvalue weighted by atomic mass is 10.1. The zero-order chi connectivity index (χ0) is 26.9. The van der Waals surface area contributed by atoms with Crippen molar-refractivity contribution in [3.8, 4) is 5.69 Å². The molecule has 0 bridgehead atoms. The van der Waals surface area contributed by atoms with Gasteiger partial charge in [0.25, 0.3) is 5.56 Å². The second kappa shape index (κ2) is 11.2. The molecule has 202 valence electrons. The van der Waals surface area contributed by atoms with Crippen LogP contribution in [0, 0.1) is 6.92 Å². The number of ether oxygens (including phenoxy) is 1. The van der Waals surface area contributed by atoms with E-state index < -0.39 is 0 Å². The number of aromatic nitrogens is 5. The van der Waals surface area contributed by atoms with Crippen LogP contribution in [0.1, 0.15) is 25.1 Å². The third kappa shape index (κ3) is 5.50. The molecule has 2 aliphatic rings. The topological polar surface area (TPSA) is 101 Å². The molecule has 0 radical (unpaired) electrons. The van der Waals surface area contributed by atoms with E-state index in [0.29, 0.717) is 47.8 Å². The van der Waals surface area contributed by atoms with Gasteiger partial charge in [0, 0.05) is 40.8 Å². The minimum absolute atomic E-state index is 0.120. The Morgan fingerprint density at radius 2 is 1.46 bits per heavy atom. The summed E-state index contributed by atoms with van der Waals surface area (Å²) in [6, 6.07) is 11.3. The zero-order valence-corrected chi connectivity index (χ0v) is 24.7. The van der Waals surface area contributed by atoms with Crippen LogP contribution in [0.5, 0.6) is 0 Å². The van der Waals surface area contributed by atoms with Gasteiger partial charge in [0.05, 0.1) is 29.8 Å². The van der Waals surface area contributed by atoms with E-state index in [9.17, 15) is 4.79 Å². The van der Waals surface area contributed by atoms with Crippen molar-refractivity contribution in [2.45, 2.75) is 26.2 Å². The van der Waals surface area contributed by atoms with Gasteiger partial charge in [0.2, 0.25) is 17.8 Å². The van der Waals surface area contributed by atoms with E-state index in [1.54, 1.807) is 10.6 Å². The smallest absolute Gasteiger partial charge is 0.266 e. The number of nitrogens with zero attached hydrogens (tertiary/aromatic N) is 7. The maximum absolute atomic E-state index is 13.4. The van der Waals surface area contributed by atoms with Gasteiger partial charge < -0.3 is 19.9 Å². The van der Waals surface area contributed by atoms with Crippen LogP contribution in [0.3, 0.4) is 0 Å². The molecule has 6 rings (SSSR count). The first-order chi connectivity index (χ1) is 19.0. The fourth-order valence-electron chi connectivity index (χ4n) is 4.97. The van der Waals surface area contributed by atoms with Gasteiger partial charge >= 0.3 is 0 Å². The molecule has 4 heterocycles. The Kier molecular flexibility index (Phi) is 7.50. The fourth-order valence-corrected chi connectivity index (χ4v) is 5.64. The predicted molar refractivity (Wildman–Crippen MR) is 160 cm³/mol. The number of benzene rings is 2. The Morgan fingerprint density at radius 3 is 2.15 bits per heavy atom. The van der Waals surface area contributed by atoms with Gasteiger partial charge in [-0.25, -0.2) is 4.98 Å². The van der Waals surface area contributed by atoms with Gasteiger partial charge in [-0.3, -0.25) is 9.36 Å². The van der Waals surface area contributed by atoms with Crippen LogP contribution in [0.2, 0.25) is 0 Å². The Balaban J connectivity index is 1.30. The SMILES string of the molecule is Cc1nc2cc(Br)c(Br)cc2c(=O)n1-c1ccc(Nc2nc(N3CCCCC3)nc(N3CCOCC3)n2)cc1. The average molecular weight is 656 g/mol. The maximum atomic E-state index is 13.4. The maximum Gasteiger partial charge on any atom is 0.266 e. The van der Waals surface area contributed by atoms with Crippen LogP contribution in [0.25, 0.3) is 16.6 Å². The Morgan fingerprint density at radius 1 is 0.821 bits per heavy atom. The molecule has 2 aromatic carbocycles. The van der Waals surface area contributed by atoms with Crippen LogP contribution >= 0.6 is 31.9 Å². The number of morpholine rings is 1. The molecule has 0 spiro atoms. The summed E-state index contributed by atoms with van der Waals surface area (Å²) in [7, 11) is 0. The van der Waals surface area contributed by atoms with Gasteiger partial charge in [-0.1, -0.05) is 0 Å². The molecule has 10 nitrogen and oxygen atoms in total. The molecule has 1 N–H and O–H groups in total. The molecule has 0 unspecified atom stereocenters. The van der Waals surface area contributed by atoms with E-state index in [0.717, 1.165) is 59.3 Å². The number of aryl methyl sites for hydroxylation is 1. The molecule has 0 amide bonds. The van der Waals surface area contributed by atoms with Crippen LogP contribution < -0.4 is 20.7 Å². The van der Waals surface area contributed by atoms with Gasteiger partial charge in [0.15, 0.2) is 0 Å². The summed E-state index contributed by atoms with van der Waals surface area (Å²) in [5.74, 6) is 2.47. The van der Waals surface area contributed by atoms with Crippen molar-refractivity contribution in [1.82, 2.24) is 24.5 Å². The highest BCUT2D eigenvalue weighted by molar-refractivity contribution is 9.13. The van der Waals surface area contributed by atoms with Crippen molar-refractivity contribution in [2.24, 2.45) is 0 Å². The van der Waals surface area contributed by atoms with Gasteiger partial charge in [0.1, 0.15) is 5.82 Å². The third-order valence-corrected chi connectivity index (χ3v) is 8.85. The molecule has 0 aliphatic carbocycles. The molecule has 0 saturated carbocycles. The lowest BCUT2D eigenvalue weighted by molar-refractivity contribution is 0.122. The minimum atomic E-state index is -0.120. The van der Waals surface area contributed by atoms with Gasteiger partial charge in [-0.15, -0.1) is 0 Å². The average Bonchev–Trinajstić information content (AvgIpc) is 2.96. The normalized spacial score (nSPS) is 16.1. The number of piperidine rings is 1. The Hall–Kier alpha value is -3.09. The summed E-state index contributed by atoms with van der Waals surface area (Å²) in [4.78, 5) is 36.8. The Bertz CT molecular complexity index is 1530. The Labute approximate surface area is 242 Å². The van der Waals surface area contributed by atoms with Crippen LogP contribution in [0.15, 0.2) is 50.1 Å². The molecular weight excluding hydrogens is 628 g/mol. The largest absolute Gasteiger partial charge is 0.378 e. The summed E-state index contributed by atoms with van der Waals surface area (Å²) in [6.07, 6.45) is 3.51. The summed E-state index contributed by atoms with van der Waals surface area (Å²) in [5, 5.41) is 3.90. The standard InChI is InChI=1S/C27H28Br2N8O2/c1-17-30-23-16-22(29)21(28)15-20(23)24(38)37(17)19-7-5-18(6-8-19)31-25-32-26(35-9-3-2-4-10-35)34-27(33-25)36-11-13-39-14-12-36/h5-8,15-16H,2-4,9-14H2,1H3,(H,31,32,33,34). The van der Waals surface area contributed by atoms with Crippen LogP contribution in [-0.4, -0.2) is 63.9 Å². The fraction of sp³-hybridized carbons (Fsp3) is 0.370. The molecule has 12 heteroatoms. The third-order valence-electron chi connectivity index (χ3n) is 7.00. The van der Waals surface area contributed by atoms with Crippen molar-refractivity contribution in [1.29, 1.82) is 0 Å². The number of hydrogen-bond donors (Lipinski definition) is 1. The predicted octanol–water partition coefficient (Wildman–Crippen LogP) is 4.97. The van der Waals surface area contributed by atoms with Gasteiger partial charge in [-0.2, -0.15) is 15.0 Å². The highest BCUT2D eigenvalue weighted by Gasteiger charge is 2.21. The first-order valence-electron chi connectivity index (χ1n) is 13.1. The second-order valence-electron chi connectivity index (χ2n) is 9.66. The molecule has 2 fully saturated rings. The van der Waals surface area contributed by atoms with Crippen molar-refractivity contribution in [3.63, 3.8) is 0 Å². The summed E-state index contributed by atoms with van der Waals surface area (Å²) in [6.45, 7) is 6.54. The zero-order valence-electron chi connectivity index (χ0n) is 21.5. The quantitative estimate of drug-likeness (QED) is 0.319. The van der Waals surface area contributed by atoms with E-state index in [1.807, 2.05) is 37.3 Å². The van der Waals surface area contributed by atoms with Crippen molar-refractivity contribution in [2.75, 3.05) is 54.5 Å². The van der Waals surface area contributed by atoms with E-state index in [-0.39, 0.29) is 5.56 Å². The molecule has 4 aromatic rings. The molecule has 0 atom stereocenters. The second-order valence-corrected chi connectivity index (χ2v) is 11.4. The van der Waals surface area contributed by atoms with E-state index >= 15 is 0 Å². The number of halogens is 2. The molecule has 2 aliphatic heterocycles. The highest BCUT2D eigenvalue weighted by atomic mass is 79.9. The van der Waals surface area contributed by atoms with Crippen LogP contribution in [0.4, 0.5) is 23.5 Å². The molecule has 2 aromatic heterocycles. The summed E-state index contributed by atoms with van der Waals surface area (Å²) in [5.41, 5.74) is 2.08. The van der Waals surface area contributed by atoms with E-state index in [2.05, 4.69) is 52.0 Å². The van der Waals surface area contributed by atoms with Crippen molar-refractivity contribution in [3.05, 3.63) is 61.5 Å². The molecule has 39 heavy (non-hydrogen) atoms. The number of fused-ring (bicyclic) bond motifs is 1. The number of rotatable bonds is 5.